The summed E-state index contributed by atoms with van der Waals surface area (Å²) in [4.78, 5) is 42.2. The molecule has 246 valence electrons. The number of nitrogens with one attached hydrogen (secondary N) is 1. The number of hydroxylamine groups is 2. The minimum Gasteiger partial charge on any atom is -0.384 e. The molecule has 1 aliphatic rings. The summed E-state index contributed by atoms with van der Waals surface area (Å²) >= 11 is 0. The third-order valence-electron chi connectivity index (χ3n) is 7.64. The number of carbonyl (C=O) groups is 1. The second-order valence-electron chi connectivity index (χ2n) is 12.2. The van der Waals surface area contributed by atoms with Crippen molar-refractivity contribution < 1.29 is 31.9 Å². The number of nitrogens with zero attached hydrogens (tertiary/aromatic N) is 7. The number of pyridine rings is 1. The van der Waals surface area contributed by atoms with Crippen LogP contribution in [0, 0.1) is 11.2 Å². The molecule has 0 radical (unpaired) electrons. The lowest BCUT2D eigenvalue weighted by molar-refractivity contribution is -0.190. The number of alkyl halides is 3. The molecule has 1 N–H and O–H groups in total. The van der Waals surface area contributed by atoms with Gasteiger partial charge in [-0.25, -0.2) is 24.3 Å². The topological polar surface area (TPSA) is 113 Å². The summed E-state index contributed by atoms with van der Waals surface area (Å²) in [5.41, 5.74) is 0.510. The summed E-state index contributed by atoms with van der Waals surface area (Å²) in [6.07, 6.45) is -1.65. The second-order valence-corrected chi connectivity index (χ2v) is 12.2. The monoisotopic (exact) mass is 644 g/mol. The second kappa shape index (κ2) is 12.8. The highest BCUT2D eigenvalue weighted by molar-refractivity contribution is 5.91. The highest BCUT2D eigenvalue weighted by Crippen LogP contribution is 2.37. The number of rotatable bonds is 9. The van der Waals surface area contributed by atoms with E-state index in [1.807, 2.05) is 32.7 Å². The number of ether oxygens (including phenoxy) is 1. The Morgan fingerprint density at radius 1 is 1.11 bits per heavy atom. The standard InChI is InChI=1S/C31H36F4N8O3/c1-18-15-42(46-19(2)44)9-10-43(18)26-14-36-24(13-37-26)28-39-27-25(41(5)16-30(3,4)17-45-6)12-23(38-29(27)40-28)20-7-8-22(32)21(11-20)31(33,34)35/h7-8,11-14,18H,9-10,15-17H2,1-6H3,(H,38,39,40)/t18-/m1/s1. The zero-order chi connectivity index (χ0) is 33.4. The van der Waals surface area contributed by atoms with Crippen molar-refractivity contribution in [3.8, 4) is 22.8 Å². The Morgan fingerprint density at radius 3 is 2.50 bits per heavy atom. The van der Waals surface area contributed by atoms with Gasteiger partial charge in [0.2, 0.25) is 0 Å². The molecule has 1 fully saturated rings. The summed E-state index contributed by atoms with van der Waals surface area (Å²) in [6, 6.07) is 4.48. The Bertz CT molecular complexity index is 1710. The molecule has 4 heterocycles. The maximum Gasteiger partial charge on any atom is 0.419 e. The number of H-pyrrole nitrogens is 1. The van der Waals surface area contributed by atoms with Gasteiger partial charge < -0.3 is 24.4 Å². The molecule has 0 spiro atoms. The molecule has 1 saturated heterocycles. The SMILES string of the molecule is COCC(C)(C)CN(C)c1cc(-c2ccc(F)c(C(F)(F)F)c2)nc2nc(-c3cnc(N4CCN(OC(C)=O)C[C@H]4C)cn3)[nH]c12. The summed E-state index contributed by atoms with van der Waals surface area (Å²) in [6.45, 7) is 10.0. The van der Waals surface area contributed by atoms with E-state index in [9.17, 15) is 22.4 Å². The fourth-order valence-electron chi connectivity index (χ4n) is 5.73. The summed E-state index contributed by atoms with van der Waals surface area (Å²) < 4.78 is 60.1. The number of piperazine rings is 1. The van der Waals surface area contributed by atoms with Gasteiger partial charge in [-0.2, -0.15) is 13.2 Å². The summed E-state index contributed by atoms with van der Waals surface area (Å²) in [5, 5.41) is 1.63. The van der Waals surface area contributed by atoms with E-state index in [1.165, 1.54) is 13.0 Å². The first-order chi connectivity index (χ1) is 21.6. The normalized spacial score (nSPS) is 16.2. The number of aromatic amines is 1. The number of hydrogen-bond acceptors (Lipinski definition) is 10. The van der Waals surface area contributed by atoms with Crippen molar-refractivity contribution in [3.63, 3.8) is 0 Å². The number of aromatic nitrogens is 5. The molecule has 0 aliphatic carbocycles. The van der Waals surface area contributed by atoms with Crippen LogP contribution in [0.25, 0.3) is 33.9 Å². The first-order valence-corrected chi connectivity index (χ1v) is 14.7. The highest BCUT2D eigenvalue weighted by Gasteiger charge is 2.34. The number of imidazole rings is 1. The van der Waals surface area contributed by atoms with E-state index in [0.717, 1.165) is 12.1 Å². The van der Waals surface area contributed by atoms with E-state index in [-0.39, 0.29) is 34.3 Å². The Morgan fingerprint density at radius 2 is 1.87 bits per heavy atom. The van der Waals surface area contributed by atoms with E-state index in [0.29, 0.717) is 61.3 Å². The van der Waals surface area contributed by atoms with Gasteiger partial charge in [-0.1, -0.05) is 13.8 Å². The molecule has 15 heteroatoms. The van der Waals surface area contributed by atoms with Crippen LogP contribution >= 0.6 is 0 Å². The number of halogens is 4. The third-order valence-corrected chi connectivity index (χ3v) is 7.64. The van der Waals surface area contributed by atoms with E-state index in [1.54, 1.807) is 30.6 Å². The first kappa shape index (κ1) is 33.0. The van der Waals surface area contributed by atoms with Gasteiger partial charge in [-0.15, -0.1) is 5.06 Å². The molecule has 4 aromatic rings. The molecule has 46 heavy (non-hydrogen) atoms. The number of hydrogen-bond donors (Lipinski definition) is 1. The van der Waals surface area contributed by atoms with Gasteiger partial charge in [-0.3, -0.25) is 4.79 Å². The molecule has 0 unspecified atom stereocenters. The van der Waals surface area contributed by atoms with Crippen LogP contribution in [0.4, 0.5) is 29.1 Å². The molecular formula is C31H36F4N8O3. The average Bonchev–Trinajstić information content (AvgIpc) is 3.40. The molecular weight excluding hydrogens is 608 g/mol. The summed E-state index contributed by atoms with van der Waals surface area (Å²) in [7, 11) is 3.48. The van der Waals surface area contributed by atoms with Crippen LogP contribution in [0.1, 0.15) is 33.3 Å². The molecule has 1 atom stereocenters. The van der Waals surface area contributed by atoms with Gasteiger partial charge in [0.25, 0.3) is 0 Å². The van der Waals surface area contributed by atoms with Crippen LogP contribution in [-0.4, -0.2) is 88.9 Å². The van der Waals surface area contributed by atoms with Gasteiger partial charge in [-0.05, 0) is 31.2 Å². The minimum atomic E-state index is -4.87. The highest BCUT2D eigenvalue weighted by atomic mass is 19.4. The van der Waals surface area contributed by atoms with Gasteiger partial charge in [0.15, 0.2) is 11.5 Å². The van der Waals surface area contributed by atoms with Crippen LogP contribution in [0.5, 0.6) is 0 Å². The van der Waals surface area contributed by atoms with Crippen LogP contribution in [0.3, 0.4) is 0 Å². The van der Waals surface area contributed by atoms with Crippen molar-refractivity contribution in [2.45, 2.75) is 39.9 Å². The fourth-order valence-corrected chi connectivity index (χ4v) is 5.73. The largest absolute Gasteiger partial charge is 0.419 e. The predicted octanol–water partition coefficient (Wildman–Crippen LogP) is 5.34. The fraction of sp³-hybridized carbons (Fsp3) is 0.452. The van der Waals surface area contributed by atoms with Gasteiger partial charge in [0.05, 0.1) is 49.0 Å². The lowest BCUT2D eigenvalue weighted by Gasteiger charge is -2.38. The number of fused-ring (bicyclic) bond motifs is 1. The zero-order valence-electron chi connectivity index (χ0n) is 26.4. The van der Waals surface area contributed by atoms with Crippen LogP contribution < -0.4 is 9.80 Å². The van der Waals surface area contributed by atoms with Crippen molar-refractivity contribution in [2.24, 2.45) is 5.41 Å². The average molecular weight is 645 g/mol. The zero-order valence-corrected chi connectivity index (χ0v) is 26.4. The lowest BCUT2D eigenvalue weighted by Crippen LogP contribution is -2.52. The van der Waals surface area contributed by atoms with E-state index in [4.69, 9.17) is 9.57 Å². The van der Waals surface area contributed by atoms with Crippen LogP contribution in [0.15, 0.2) is 36.7 Å². The third kappa shape index (κ3) is 7.20. The minimum absolute atomic E-state index is 0.00634. The molecule has 5 rings (SSSR count). The maximum absolute atomic E-state index is 14.1. The van der Waals surface area contributed by atoms with E-state index >= 15 is 0 Å². The number of benzene rings is 1. The Kier molecular flexibility index (Phi) is 9.18. The van der Waals surface area contributed by atoms with Gasteiger partial charge in [0, 0.05) is 51.2 Å². The summed E-state index contributed by atoms with van der Waals surface area (Å²) in [5.74, 6) is -0.713. The van der Waals surface area contributed by atoms with Crippen LogP contribution in [0.2, 0.25) is 0 Å². The van der Waals surface area contributed by atoms with Crippen molar-refractivity contribution in [1.29, 1.82) is 0 Å². The Hall–Kier alpha value is -4.37. The first-order valence-electron chi connectivity index (χ1n) is 14.7. The van der Waals surface area contributed by atoms with Crippen LogP contribution in [-0.2, 0) is 20.5 Å². The molecule has 1 aromatic carbocycles. The molecule has 3 aromatic heterocycles. The molecule has 11 nitrogen and oxygen atoms in total. The van der Waals surface area contributed by atoms with Gasteiger partial charge in [0.1, 0.15) is 22.8 Å². The van der Waals surface area contributed by atoms with Crippen molar-refractivity contribution >= 4 is 28.6 Å². The van der Waals surface area contributed by atoms with Crippen molar-refractivity contribution in [2.75, 3.05) is 56.7 Å². The quantitative estimate of drug-likeness (QED) is 0.240. The molecule has 0 amide bonds. The maximum atomic E-state index is 14.1. The van der Waals surface area contributed by atoms with E-state index in [2.05, 4.69) is 29.8 Å². The molecule has 1 aliphatic heterocycles. The number of anilines is 2. The van der Waals surface area contributed by atoms with Gasteiger partial charge >= 0.3 is 12.1 Å². The number of methoxy groups -OCH3 is 1. The van der Waals surface area contributed by atoms with Crippen molar-refractivity contribution in [3.05, 3.63) is 48.0 Å². The smallest absolute Gasteiger partial charge is 0.384 e. The lowest BCUT2D eigenvalue weighted by atomic mass is 9.94. The Balaban J connectivity index is 1.51. The number of carbonyl (C=O) groups excluding carboxylic acids is 1. The molecule has 0 bridgehead atoms. The predicted molar refractivity (Wildman–Crippen MR) is 164 cm³/mol. The molecule has 0 saturated carbocycles. The van der Waals surface area contributed by atoms with E-state index < -0.39 is 17.6 Å². The van der Waals surface area contributed by atoms with Crippen molar-refractivity contribution in [1.82, 2.24) is 30.0 Å². The Labute approximate surface area is 263 Å².